The Morgan fingerprint density at radius 2 is 2.00 bits per heavy atom. The average molecular weight is 286 g/mol. The van der Waals surface area contributed by atoms with Crippen LogP contribution in [0.4, 0.5) is 0 Å². The number of rotatable bonds is 6. The molecule has 0 bridgehead atoms. The van der Waals surface area contributed by atoms with Crippen molar-refractivity contribution >= 4 is 15.9 Å². The fourth-order valence-electron chi connectivity index (χ4n) is 1.60. The summed E-state index contributed by atoms with van der Waals surface area (Å²) < 4.78 is 1.15. The lowest BCUT2D eigenvalue weighted by molar-refractivity contribution is 0.212. The molecular weight excluding hydrogens is 266 g/mol. The predicted molar refractivity (Wildman–Crippen MR) is 71.6 cm³/mol. The Bertz CT molecular complexity index is 315. The Balaban J connectivity index is 2.38. The second kappa shape index (κ2) is 7.05. The molecule has 0 fully saturated rings. The van der Waals surface area contributed by atoms with Crippen molar-refractivity contribution < 1.29 is 5.11 Å². The lowest BCUT2D eigenvalue weighted by Crippen LogP contribution is -2.38. The van der Waals surface area contributed by atoms with E-state index in [0.717, 1.165) is 17.4 Å². The first-order valence-electron chi connectivity index (χ1n) is 5.72. The van der Waals surface area contributed by atoms with E-state index < -0.39 is 0 Å². The molecule has 1 unspecified atom stereocenters. The zero-order chi connectivity index (χ0) is 12.0. The van der Waals surface area contributed by atoms with Crippen molar-refractivity contribution in [1.29, 1.82) is 0 Å². The van der Waals surface area contributed by atoms with Crippen LogP contribution in [0.2, 0.25) is 0 Å². The molecule has 0 saturated carbocycles. The van der Waals surface area contributed by atoms with Crippen molar-refractivity contribution in [3.8, 4) is 0 Å². The van der Waals surface area contributed by atoms with E-state index in [0.29, 0.717) is 5.92 Å². The molecule has 0 radical (unpaired) electrons. The first-order valence-corrected chi connectivity index (χ1v) is 6.52. The number of benzene rings is 1. The molecule has 1 atom stereocenters. The average Bonchev–Trinajstić information content (AvgIpc) is 2.26. The van der Waals surface area contributed by atoms with Crippen LogP contribution < -0.4 is 5.32 Å². The van der Waals surface area contributed by atoms with Crippen molar-refractivity contribution in [3.05, 3.63) is 34.3 Å². The maximum absolute atomic E-state index is 9.18. The molecule has 0 aliphatic rings. The minimum Gasteiger partial charge on any atom is -0.395 e. The first-order chi connectivity index (χ1) is 7.65. The number of nitrogens with one attached hydrogen (secondary N) is 1. The van der Waals surface area contributed by atoms with E-state index in [2.05, 4.69) is 47.2 Å². The van der Waals surface area contributed by atoms with Crippen LogP contribution >= 0.6 is 15.9 Å². The summed E-state index contributed by atoms with van der Waals surface area (Å²) >= 11 is 3.53. The normalized spacial score (nSPS) is 13.1. The van der Waals surface area contributed by atoms with Crippen LogP contribution in [-0.4, -0.2) is 24.3 Å². The fraction of sp³-hybridized carbons (Fsp3) is 0.538. The summed E-state index contributed by atoms with van der Waals surface area (Å²) in [5.74, 6) is 0.462. The van der Waals surface area contributed by atoms with Crippen molar-refractivity contribution in [1.82, 2.24) is 5.32 Å². The molecule has 3 heteroatoms. The molecule has 0 amide bonds. The molecule has 1 rings (SSSR count). The van der Waals surface area contributed by atoms with E-state index >= 15 is 0 Å². The second-order valence-electron chi connectivity index (χ2n) is 4.33. The van der Waals surface area contributed by atoms with Crippen LogP contribution in [0.5, 0.6) is 0 Å². The van der Waals surface area contributed by atoms with Crippen LogP contribution in [0.3, 0.4) is 0 Å². The summed E-state index contributed by atoms with van der Waals surface area (Å²) in [6, 6.07) is 8.44. The lowest BCUT2D eigenvalue weighted by Gasteiger charge is -2.20. The van der Waals surface area contributed by atoms with Crippen molar-refractivity contribution in [3.63, 3.8) is 0 Å². The Hall–Kier alpha value is -0.380. The fourth-order valence-corrected chi connectivity index (χ4v) is 2.09. The zero-order valence-corrected chi connectivity index (χ0v) is 11.5. The summed E-state index contributed by atoms with van der Waals surface area (Å²) in [4.78, 5) is 0. The minimum absolute atomic E-state index is 0.197. The van der Waals surface area contributed by atoms with Gasteiger partial charge in [-0.2, -0.15) is 0 Å². The van der Waals surface area contributed by atoms with Gasteiger partial charge in [-0.15, -0.1) is 0 Å². The number of aliphatic hydroxyl groups is 1. The highest BCUT2D eigenvalue weighted by Gasteiger charge is 2.10. The summed E-state index contributed by atoms with van der Waals surface area (Å²) in [6.45, 7) is 5.33. The van der Waals surface area contributed by atoms with E-state index in [1.54, 1.807) is 0 Å². The van der Waals surface area contributed by atoms with Crippen LogP contribution in [0.15, 0.2) is 28.7 Å². The van der Waals surface area contributed by atoms with Crippen LogP contribution in [0, 0.1) is 5.92 Å². The monoisotopic (exact) mass is 285 g/mol. The Kier molecular flexibility index (Phi) is 6.03. The van der Waals surface area contributed by atoms with E-state index in [4.69, 9.17) is 0 Å². The molecule has 0 aliphatic carbocycles. The van der Waals surface area contributed by atoms with E-state index in [1.165, 1.54) is 5.56 Å². The van der Waals surface area contributed by atoms with Gasteiger partial charge in [-0.1, -0.05) is 48.0 Å². The van der Waals surface area contributed by atoms with Gasteiger partial charge in [0.15, 0.2) is 0 Å². The Labute approximate surface area is 106 Å². The summed E-state index contributed by atoms with van der Waals surface area (Å²) in [5, 5.41) is 12.6. The molecule has 0 aliphatic heterocycles. The molecule has 1 aromatic carbocycles. The molecule has 90 valence electrons. The predicted octanol–water partition coefficient (Wildman–Crippen LogP) is 2.60. The van der Waals surface area contributed by atoms with Gasteiger partial charge in [0.05, 0.1) is 6.61 Å². The molecule has 0 saturated heterocycles. The van der Waals surface area contributed by atoms with Gasteiger partial charge in [-0.05, 0) is 30.5 Å². The highest BCUT2D eigenvalue weighted by Crippen LogP contribution is 2.15. The maximum atomic E-state index is 9.18. The SMILES string of the molecule is CC(C)C(CO)NCCc1ccccc1Br. The number of aliphatic hydroxyl groups excluding tert-OH is 1. The van der Waals surface area contributed by atoms with Gasteiger partial charge in [0.1, 0.15) is 0 Å². The summed E-state index contributed by atoms with van der Waals surface area (Å²) in [7, 11) is 0. The van der Waals surface area contributed by atoms with Crippen molar-refractivity contribution in [2.75, 3.05) is 13.2 Å². The third kappa shape index (κ3) is 4.24. The molecule has 1 aromatic rings. The lowest BCUT2D eigenvalue weighted by atomic mass is 10.1. The van der Waals surface area contributed by atoms with E-state index in [1.807, 2.05) is 12.1 Å². The third-order valence-electron chi connectivity index (χ3n) is 2.76. The molecule has 2 nitrogen and oxygen atoms in total. The Morgan fingerprint density at radius 1 is 1.31 bits per heavy atom. The maximum Gasteiger partial charge on any atom is 0.0587 e. The van der Waals surface area contributed by atoms with Gasteiger partial charge in [-0.25, -0.2) is 0 Å². The quantitative estimate of drug-likeness (QED) is 0.842. The number of halogens is 1. The first kappa shape index (κ1) is 13.7. The topological polar surface area (TPSA) is 32.3 Å². The highest BCUT2D eigenvalue weighted by atomic mass is 79.9. The smallest absolute Gasteiger partial charge is 0.0587 e. The highest BCUT2D eigenvalue weighted by molar-refractivity contribution is 9.10. The van der Waals surface area contributed by atoms with Gasteiger partial charge in [-0.3, -0.25) is 0 Å². The number of hydrogen-bond donors (Lipinski definition) is 2. The third-order valence-corrected chi connectivity index (χ3v) is 3.53. The van der Waals surface area contributed by atoms with Crippen molar-refractivity contribution in [2.45, 2.75) is 26.3 Å². The second-order valence-corrected chi connectivity index (χ2v) is 5.18. The largest absolute Gasteiger partial charge is 0.395 e. The minimum atomic E-state index is 0.197. The molecular formula is C13H20BrNO. The Morgan fingerprint density at radius 3 is 2.56 bits per heavy atom. The van der Waals surface area contributed by atoms with Gasteiger partial charge >= 0.3 is 0 Å². The molecule has 0 heterocycles. The van der Waals surface area contributed by atoms with Crippen LogP contribution in [-0.2, 0) is 6.42 Å². The van der Waals surface area contributed by atoms with Gasteiger partial charge in [0.2, 0.25) is 0 Å². The van der Waals surface area contributed by atoms with Crippen molar-refractivity contribution in [2.24, 2.45) is 5.92 Å². The molecule has 2 N–H and O–H groups in total. The van der Waals surface area contributed by atoms with Gasteiger partial charge in [0.25, 0.3) is 0 Å². The summed E-state index contributed by atoms with van der Waals surface area (Å²) in [5.41, 5.74) is 1.30. The van der Waals surface area contributed by atoms with Crippen LogP contribution in [0.25, 0.3) is 0 Å². The van der Waals surface area contributed by atoms with E-state index in [9.17, 15) is 5.11 Å². The molecule has 16 heavy (non-hydrogen) atoms. The number of hydrogen-bond acceptors (Lipinski definition) is 2. The summed E-state index contributed by atoms with van der Waals surface area (Å²) in [6.07, 6.45) is 0.977. The standard InChI is InChI=1S/C13H20BrNO/c1-10(2)13(9-16)15-8-7-11-5-3-4-6-12(11)14/h3-6,10,13,15-16H,7-9H2,1-2H3. The van der Waals surface area contributed by atoms with Gasteiger partial charge < -0.3 is 10.4 Å². The molecule has 0 aromatic heterocycles. The zero-order valence-electron chi connectivity index (χ0n) is 9.91. The molecule has 0 spiro atoms. The van der Waals surface area contributed by atoms with Gasteiger partial charge in [0, 0.05) is 10.5 Å². The van der Waals surface area contributed by atoms with Crippen LogP contribution in [0.1, 0.15) is 19.4 Å². The van der Waals surface area contributed by atoms with E-state index in [-0.39, 0.29) is 12.6 Å².